The van der Waals surface area contributed by atoms with Crippen LogP contribution in [0, 0.1) is 0 Å². The van der Waals surface area contributed by atoms with Crippen LogP contribution in [0.25, 0.3) is 0 Å². The highest BCUT2D eigenvalue weighted by Crippen LogP contribution is 2.35. The summed E-state index contributed by atoms with van der Waals surface area (Å²) in [5.41, 5.74) is 2.00. The van der Waals surface area contributed by atoms with Gasteiger partial charge < -0.3 is 9.47 Å². The average Bonchev–Trinajstić information content (AvgIpc) is 2.46. The lowest BCUT2D eigenvalue weighted by Crippen LogP contribution is -2.00. The molecule has 1 atom stereocenters. The zero-order valence-electron chi connectivity index (χ0n) is 11.4. The Morgan fingerprint density at radius 3 is 2.50 bits per heavy atom. The van der Waals surface area contributed by atoms with Crippen molar-refractivity contribution in [2.24, 2.45) is 0 Å². The van der Waals surface area contributed by atoms with E-state index in [-0.39, 0.29) is 5.38 Å². The van der Waals surface area contributed by atoms with E-state index in [1.54, 1.807) is 14.2 Å². The number of alkyl halides is 1. The molecule has 0 spiro atoms. The summed E-state index contributed by atoms with van der Waals surface area (Å²) in [6, 6.07) is 13.3. The molecule has 0 radical (unpaired) electrons. The van der Waals surface area contributed by atoms with Crippen LogP contribution in [0.2, 0.25) is 5.02 Å². The van der Waals surface area contributed by atoms with E-state index in [1.807, 2.05) is 42.5 Å². The molecule has 0 aliphatic carbocycles. The molecular formula is C16H16Cl2O2. The predicted molar refractivity (Wildman–Crippen MR) is 83.3 cm³/mol. The first-order valence-corrected chi connectivity index (χ1v) is 7.06. The van der Waals surface area contributed by atoms with Gasteiger partial charge in [0.2, 0.25) is 0 Å². The monoisotopic (exact) mass is 310 g/mol. The second-order valence-corrected chi connectivity index (χ2v) is 5.37. The number of hydrogen-bond donors (Lipinski definition) is 0. The van der Waals surface area contributed by atoms with Gasteiger partial charge in [-0.1, -0.05) is 23.7 Å². The molecule has 2 aromatic rings. The Morgan fingerprint density at radius 1 is 1.05 bits per heavy atom. The molecule has 2 nitrogen and oxygen atoms in total. The summed E-state index contributed by atoms with van der Waals surface area (Å²) >= 11 is 12.5. The van der Waals surface area contributed by atoms with Gasteiger partial charge in [-0.05, 0) is 42.3 Å². The minimum Gasteiger partial charge on any atom is -0.497 e. The van der Waals surface area contributed by atoms with Gasteiger partial charge in [0.1, 0.15) is 11.5 Å². The average molecular weight is 311 g/mol. The van der Waals surface area contributed by atoms with Gasteiger partial charge in [-0.15, -0.1) is 11.6 Å². The molecular weight excluding hydrogens is 295 g/mol. The van der Waals surface area contributed by atoms with Crippen LogP contribution in [0.3, 0.4) is 0 Å². The number of halogens is 2. The summed E-state index contributed by atoms with van der Waals surface area (Å²) in [4.78, 5) is 0. The normalized spacial score (nSPS) is 12.0. The highest BCUT2D eigenvalue weighted by molar-refractivity contribution is 6.30. The standard InChI is InChI=1S/C16H16Cl2O2/c1-19-13-6-7-16(20-2)14(10-13)15(18)9-11-4-3-5-12(17)8-11/h3-8,10,15H,9H2,1-2H3. The Kier molecular flexibility index (Phi) is 5.16. The molecule has 2 rings (SSSR count). The number of hydrogen-bond acceptors (Lipinski definition) is 2. The van der Waals surface area contributed by atoms with Crippen molar-refractivity contribution in [1.29, 1.82) is 0 Å². The first-order chi connectivity index (χ1) is 9.63. The third-order valence-electron chi connectivity index (χ3n) is 3.08. The summed E-state index contributed by atoms with van der Waals surface area (Å²) in [6.45, 7) is 0. The Bertz CT molecular complexity index is 584. The van der Waals surface area contributed by atoms with Crippen molar-refractivity contribution in [2.45, 2.75) is 11.8 Å². The molecule has 0 aliphatic rings. The minimum atomic E-state index is -0.210. The van der Waals surface area contributed by atoms with E-state index in [1.165, 1.54) is 0 Å². The first kappa shape index (κ1) is 15.0. The summed E-state index contributed by atoms with van der Waals surface area (Å²) in [6.07, 6.45) is 0.672. The topological polar surface area (TPSA) is 18.5 Å². The van der Waals surface area contributed by atoms with E-state index in [0.717, 1.165) is 22.6 Å². The van der Waals surface area contributed by atoms with E-state index in [4.69, 9.17) is 32.7 Å². The second-order valence-electron chi connectivity index (χ2n) is 4.41. The van der Waals surface area contributed by atoms with Gasteiger partial charge in [0.05, 0.1) is 19.6 Å². The number of rotatable bonds is 5. The van der Waals surface area contributed by atoms with Gasteiger partial charge in [0.15, 0.2) is 0 Å². The fraction of sp³-hybridized carbons (Fsp3) is 0.250. The van der Waals surface area contributed by atoms with Crippen molar-refractivity contribution in [3.8, 4) is 11.5 Å². The molecule has 0 saturated heterocycles. The van der Waals surface area contributed by atoms with Crippen molar-refractivity contribution in [1.82, 2.24) is 0 Å². The lowest BCUT2D eigenvalue weighted by molar-refractivity contribution is 0.398. The summed E-state index contributed by atoms with van der Waals surface area (Å²) in [5, 5.41) is 0.502. The lowest BCUT2D eigenvalue weighted by atomic mass is 10.0. The van der Waals surface area contributed by atoms with Crippen LogP contribution >= 0.6 is 23.2 Å². The van der Waals surface area contributed by atoms with Crippen LogP contribution in [0.1, 0.15) is 16.5 Å². The van der Waals surface area contributed by atoms with Crippen molar-refractivity contribution < 1.29 is 9.47 Å². The van der Waals surface area contributed by atoms with Crippen LogP contribution < -0.4 is 9.47 Å². The van der Waals surface area contributed by atoms with E-state index >= 15 is 0 Å². The predicted octanol–water partition coefficient (Wildman–Crippen LogP) is 4.88. The molecule has 0 saturated carbocycles. The van der Waals surface area contributed by atoms with Crippen LogP contribution in [0.4, 0.5) is 0 Å². The summed E-state index contributed by atoms with van der Waals surface area (Å²) < 4.78 is 10.6. The number of methoxy groups -OCH3 is 2. The molecule has 0 fully saturated rings. The third kappa shape index (κ3) is 3.59. The fourth-order valence-corrected chi connectivity index (χ4v) is 2.63. The van der Waals surface area contributed by atoms with Crippen molar-refractivity contribution in [2.75, 3.05) is 14.2 Å². The highest BCUT2D eigenvalue weighted by Gasteiger charge is 2.15. The molecule has 0 N–H and O–H groups in total. The van der Waals surface area contributed by atoms with Crippen molar-refractivity contribution in [3.63, 3.8) is 0 Å². The van der Waals surface area contributed by atoms with Gasteiger partial charge in [-0.3, -0.25) is 0 Å². The van der Waals surface area contributed by atoms with Gasteiger partial charge >= 0.3 is 0 Å². The largest absolute Gasteiger partial charge is 0.497 e. The third-order valence-corrected chi connectivity index (χ3v) is 3.70. The zero-order chi connectivity index (χ0) is 14.5. The van der Waals surface area contributed by atoms with Gasteiger partial charge in [0.25, 0.3) is 0 Å². The molecule has 0 aliphatic heterocycles. The van der Waals surface area contributed by atoms with E-state index in [2.05, 4.69) is 0 Å². The van der Waals surface area contributed by atoms with Crippen molar-refractivity contribution >= 4 is 23.2 Å². The van der Waals surface area contributed by atoms with E-state index in [0.29, 0.717) is 11.4 Å². The second kappa shape index (κ2) is 6.87. The number of ether oxygens (including phenoxy) is 2. The van der Waals surface area contributed by atoms with E-state index in [9.17, 15) is 0 Å². The van der Waals surface area contributed by atoms with Crippen LogP contribution in [0.15, 0.2) is 42.5 Å². The Hall–Kier alpha value is -1.38. The van der Waals surface area contributed by atoms with Gasteiger partial charge in [0, 0.05) is 10.6 Å². The SMILES string of the molecule is COc1ccc(OC)c(C(Cl)Cc2cccc(Cl)c2)c1. The molecule has 106 valence electrons. The molecule has 20 heavy (non-hydrogen) atoms. The smallest absolute Gasteiger partial charge is 0.123 e. The number of benzene rings is 2. The summed E-state index contributed by atoms with van der Waals surface area (Å²) in [7, 11) is 3.26. The van der Waals surface area contributed by atoms with Gasteiger partial charge in [-0.25, -0.2) is 0 Å². The highest BCUT2D eigenvalue weighted by atomic mass is 35.5. The van der Waals surface area contributed by atoms with Crippen LogP contribution in [-0.4, -0.2) is 14.2 Å². The van der Waals surface area contributed by atoms with Crippen molar-refractivity contribution in [3.05, 3.63) is 58.6 Å². The van der Waals surface area contributed by atoms with E-state index < -0.39 is 0 Å². The maximum atomic E-state index is 6.53. The Morgan fingerprint density at radius 2 is 1.85 bits per heavy atom. The molecule has 1 unspecified atom stereocenters. The lowest BCUT2D eigenvalue weighted by Gasteiger charge is -2.15. The Balaban J connectivity index is 2.25. The van der Waals surface area contributed by atoms with Crippen LogP contribution in [-0.2, 0) is 6.42 Å². The molecule has 0 bridgehead atoms. The van der Waals surface area contributed by atoms with Gasteiger partial charge in [-0.2, -0.15) is 0 Å². The molecule has 0 aromatic heterocycles. The Labute approximate surface area is 129 Å². The van der Waals surface area contributed by atoms with Crippen LogP contribution in [0.5, 0.6) is 11.5 Å². The zero-order valence-corrected chi connectivity index (χ0v) is 12.9. The first-order valence-electron chi connectivity index (χ1n) is 6.24. The summed E-state index contributed by atoms with van der Waals surface area (Å²) in [5.74, 6) is 1.52. The molecule has 0 heterocycles. The minimum absolute atomic E-state index is 0.210. The maximum Gasteiger partial charge on any atom is 0.123 e. The fourth-order valence-electron chi connectivity index (χ4n) is 2.07. The molecule has 0 amide bonds. The quantitative estimate of drug-likeness (QED) is 0.733. The molecule has 2 aromatic carbocycles. The molecule has 4 heteroatoms. The maximum absolute atomic E-state index is 6.53.